The lowest BCUT2D eigenvalue weighted by atomic mass is 10.6. The topological polar surface area (TPSA) is 62.5 Å². The van der Waals surface area contributed by atoms with E-state index in [1.54, 1.807) is 24.5 Å². The summed E-state index contributed by atoms with van der Waals surface area (Å²) in [5.41, 5.74) is 0. The van der Waals surface area contributed by atoms with E-state index in [2.05, 4.69) is 6.58 Å². The average molecular weight is 187 g/mol. The maximum atomic E-state index is 10.9. The van der Waals surface area contributed by atoms with Gasteiger partial charge in [-0.05, 0) is 12.1 Å². The molecule has 1 heterocycles. The van der Waals surface area contributed by atoms with Gasteiger partial charge in [-0.2, -0.15) is 0 Å². The number of hydrogen-bond donors (Lipinski definition) is 2. The third kappa shape index (κ3) is 1.85. The fraction of sp³-hybridized carbons (Fsp3) is 0.143. The second-order valence-corrected chi connectivity index (χ2v) is 4.08. The Morgan fingerprint density at radius 1 is 1.42 bits per heavy atom. The molecule has 1 rings (SSSR count). The van der Waals surface area contributed by atoms with E-state index in [1.807, 2.05) is 0 Å². The molecule has 4 nitrogen and oxygen atoms in total. The third-order valence-electron chi connectivity index (χ3n) is 1.49. The van der Waals surface area contributed by atoms with Crippen LogP contribution in [0.4, 0.5) is 0 Å². The molecule has 2 N–H and O–H groups in total. The van der Waals surface area contributed by atoms with Crippen molar-refractivity contribution in [3.05, 3.63) is 37.2 Å². The first-order valence-electron chi connectivity index (χ1n) is 3.36. The van der Waals surface area contributed by atoms with Crippen LogP contribution in [-0.2, 0) is 4.57 Å². The van der Waals surface area contributed by atoms with Crippen LogP contribution in [-0.4, -0.2) is 14.4 Å². The number of allylic oxidation sites excluding steroid dienone is 1. The Balaban J connectivity index is 3.00. The van der Waals surface area contributed by atoms with Crippen LogP contribution in [0.5, 0.6) is 0 Å². The van der Waals surface area contributed by atoms with E-state index in [0.29, 0.717) is 0 Å². The van der Waals surface area contributed by atoms with Gasteiger partial charge < -0.3 is 14.4 Å². The molecule has 1 unspecified atom stereocenters. The van der Waals surface area contributed by atoms with Crippen LogP contribution in [0.1, 0.15) is 5.78 Å². The normalized spacial score (nSPS) is 14.2. The summed E-state index contributed by atoms with van der Waals surface area (Å²) in [7, 11) is -4.12. The number of hydrogen-bond acceptors (Lipinski definition) is 1. The van der Waals surface area contributed by atoms with E-state index >= 15 is 0 Å². The molecule has 0 amide bonds. The quantitative estimate of drug-likeness (QED) is 0.554. The predicted octanol–water partition coefficient (Wildman–Crippen LogP) is 1.35. The van der Waals surface area contributed by atoms with Crippen molar-refractivity contribution in [3.63, 3.8) is 0 Å². The number of aromatic nitrogens is 1. The van der Waals surface area contributed by atoms with Crippen LogP contribution in [0.15, 0.2) is 37.2 Å². The van der Waals surface area contributed by atoms with Gasteiger partial charge in [0.1, 0.15) is 0 Å². The van der Waals surface area contributed by atoms with Crippen LogP contribution in [0, 0.1) is 0 Å². The molecule has 0 aliphatic carbocycles. The zero-order valence-electron chi connectivity index (χ0n) is 6.37. The van der Waals surface area contributed by atoms with Crippen LogP contribution in [0.2, 0.25) is 0 Å². The fourth-order valence-electron chi connectivity index (χ4n) is 0.957. The van der Waals surface area contributed by atoms with Crippen molar-refractivity contribution in [3.8, 4) is 0 Å². The molecule has 0 aliphatic rings. The van der Waals surface area contributed by atoms with Crippen molar-refractivity contribution in [2.45, 2.75) is 5.78 Å². The predicted molar refractivity (Wildman–Crippen MR) is 45.7 cm³/mol. The fourth-order valence-corrected chi connectivity index (χ4v) is 1.73. The van der Waals surface area contributed by atoms with Gasteiger partial charge in [-0.1, -0.05) is 6.08 Å². The van der Waals surface area contributed by atoms with Crippen molar-refractivity contribution in [1.29, 1.82) is 0 Å². The lowest BCUT2D eigenvalue weighted by Crippen LogP contribution is -2.03. The standard InChI is InChI=1S/C7H10NO3P/c1-2-7(12(9,10)11)8-5-3-4-6-8/h2-7H,1H2,(H2,9,10,11). The smallest absolute Gasteiger partial charge is 0.336 e. The summed E-state index contributed by atoms with van der Waals surface area (Å²) >= 11 is 0. The summed E-state index contributed by atoms with van der Waals surface area (Å²) in [4.78, 5) is 17.7. The number of rotatable bonds is 3. The van der Waals surface area contributed by atoms with Gasteiger partial charge in [-0.3, -0.25) is 4.57 Å². The van der Waals surface area contributed by atoms with Crippen molar-refractivity contribution in [2.24, 2.45) is 0 Å². The number of nitrogens with zero attached hydrogens (tertiary/aromatic N) is 1. The van der Waals surface area contributed by atoms with E-state index in [0.717, 1.165) is 0 Å². The van der Waals surface area contributed by atoms with E-state index in [-0.39, 0.29) is 0 Å². The van der Waals surface area contributed by atoms with Crippen molar-refractivity contribution < 1.29 is 14.4 Å². The second-order valence-electron chi connectivity index (χ2n) is 2.37. The van der Waals surface area contributed by atoms with Gasteiger partial charge in [0, 0.05) is 12.4 Å². The molecule has 66 valence electrons. The first-order valence-corrected chi connectivity index (χ1v) is 5.04. The van der Waals surface area contributed by atoms with Gasteiger partial charge in [0.25, 0.3) is 0 Å². The molecule has 0 aliphatic heterocycles. The first-order chi connectivity index (χ1) is 5.55. The molecule has 0 aromatic carbocycles. The molecule has 1 aromatic heterocycles. The Hall–Kier alpha value is -0.830. The summed E-state index contributed by atoms with van der Waals surface area (Å²) < 4.78 is 12.3. The van der Waals surface area contributed by atoms with E-state index < -0.39 is 13.4 Å². The van der Waals surface area contributed by atoms with Crippen LogP contribution in [0.25, 0.3) is 0 Å². The highest BCUT2D eigenvalue weighted by atomic mass is 31.2. The minimum atomic E-state index is -4.12. The van der Waals surface area contributed by atoms with Crippen molar-refractivity contribution >= 4 is 7.60 Å². The first kappa shape index (κ1) is 9.26. The molecular weight excluding hydrogens is 177 g/mol. The van der Waals surface area contributed by atoms with Gasteiger partial charge in [-0.25, -0.2) is 0 Å². The summed E-state index contributed by atoms with van der Waals surface area (Å²) in [6.45, 7) is 3.37. The molecule has 0 radical (unpaired) electrons. The zero-order valence-corrected chi connectivity index (χ0v) is 7.26. The Morgan fingerprint density at radius 2 is 1.92 bits per heavy atom. The molecule has 0 saturated heterocycles. The minimum Gasteiger partial charge on any atom is -0.336 e. The van der Waals surface area contributed by atoms with Crippen LogP contribution in [0.3, 0.4) is 0 Å². The van der Waals surface area contributed by atoms with E-state index in [9.17, 15) is 4.57 Å². The Morgan fingerprint density at radius 3 is 2.25 bits per heavy atom. The molecular formula is C7H10NO3P. The maximum absolute atomic E-state index is 10.9. The second kappa shape index (κ2) is 3.27. The molecule has 12 heavy (non-hydrogen) atoms. The highest BCUT2D eigenvalue weighted by Crippen LogP contribution is 2.49. The lowest BCUT2D eigenvalue weighted by molar-refractivity contribution is 0.353. The Kier molecular flexibility index (Phi) is 2.52. The Bertz CT molecular complexity index is 300. The SMILES string of the molecule is C=CC(n1cccc1)P(=O)(O)O. The monoisotopic (exact) mass is 187 g/mol. The van der Waals surface area contributed by atoms with Crippen LogP contribution >= 0.6 is 7.60 Å². The van der Waals surface area contributed by atoms with E-state index in [4.69, 9.17) is 9.79 Å². The Labute approximate surface area is 70.3 Å². The molecule has 0 fully saturated rings. The summed E-state index contributed by atoms with van der Waals surface area (Å²) in [5.74, 6) is -0.951. The van der Waals surface area contributed by atoms with Gasteiger partial charge in [0.2, 0.25) is 0 Å². The van der Waals surface area contributed by atoms with Gasteiger partial charge >= 0.3 is 7.60 Å². The molecule has 0 saturated carbocycles. The molecule has 5 heteroatoms. The zero-order chi connectivity index (χ0) is 9.19. The molecule has 1 atom stereocenters. The minimum absolute atomic E-state index is 0.951. The van der Waals surface area contributed by atoms with E-state index in [1.165, 1.54) is 10.6 Å². The third-order valence-corrected chi connectivity index (χ3v) is 2.66. The summed E-state index contributed by atoms with van der Waals surface area (Å²) in [6, 6.07) is 3.40. The van der Waals surface area contributed by atoms with Gasteiger partial charge in [-0.15, -0.1) is 6.58 Å². The van der Waals surface area contributed by atoms with Crippen LogP contribution < -0.4 is 0 Å². The molecule has 0 spiro atoms. The van der Waals surface area contributed by atoms with Gasteiger partial charge in [0.05, 0.1) is 0 Å². The van der Waals surface area contributed by atoms with Crippen molar-refractivity contribution in [1.82, 2.24) is 4.57 Å². The summed E-state index contributed by atoms with van der Waals surface area (Å²) in [5, 5.41) is 0. The summed E-state index contributed by atoms with van der Waals surface area (Å²) in [6.07, 6.45) is 4.41. The molecule has 1 aromatic rings. The largest absolute Gasteiger partial charge is 0.352 e. The maximum Gasteiger partial charge on any atom is 0.352 e. The van der Waals surface area contributed by atoms with Crippen molar-refractivity contribution in [2.75, 3.05) is 0 Å². The van der Waals surface area contributed by atoms with Gasteiger partial charge in [0.15, 0.2) is 5.78 Å². The highest BCUT2D eigenvalue weighted by molar-refractivity contribution is 7.52. The molecule has 0 bridgehead atoms. The lowest BCUT2D eigenvalue weighted by Gasteiger charge is -2.15. The highest BCUT2D eigenvalue weighted by Gasteiger charge is 2.26. The average Bonchev–Trinajstić information content (AvgIpc) is 2.38.